The lowest BCUT2D eigenvalue weighted by atomic mass is 9.98. The van der Waals surface area contributed by atoms with Crippen molar-refractivity contribution in [2.75, 3.05) is 19.8 Å². The van der Waals surface area contributed by atoms with Crippen molar-refractivity contribution in [3.05, 3.63) is 107 Å². The lowest BCUT2D eigenvalue weighted by Crippen LogP contribution is -2.07. The van der Waals surface area contributed by atoms with Crippen LogP contribution in [0.15, 0.2) is 84.9 Å². The fraction of sp³-hybridized carbons (Fsp3) is 0.569. The minimum absolute atomic E-state index is 0.0347. The minimum atomic E-state index is -1.09. The standard InChI is InChI=1S/C58H84O8/c1-42(2)13-10-16-45(7)31-34-61-52-25-19-48(20-26-52)39-64-55-37-51(58(59)60)38-56(65-40-49-21-27-53(28-22-49)62-35-32-46(8)17-11-14-43(3)4)57(55)66-41-50-23-29-54(30-24-50)63-36-33-47(9)18-12-15-44(5)6/h19-30,37-38,42-47H,10-18,31-36,39-41H2,1-9H3,(H,59,60)/t45-,46-,47-/m0/s1. The monoisotopic (exact) mass is 909 g/mol. The normalized spacial score (nSPS) is 12.8. The van der Waals surface area contributed by atoms with Crippen molar-refractivity contribution >= 4 is 5.97 Å². The number of rotatable bonds is 34. The Morgan fingerprint density at radius 2 is 0.712 bits per heavy atom. The zero-order chi connectivity index (χ0) is 47.7. The summed E-state index contributed by atoms with van der Waals surface area (Å²) in [6.45, 7) is 23.2. The molecule has 4 aromatic carbocycles. The molecule has 0 heterocycles. The van der Waals surface area contributed by atoms with E-state index in [-0.39, 0.29) is 36.9 Å². The number of aromatic carboxylic acids is 1. The molecule has 3 atom stereocenters. The molecule has 0 aliphatic heterocycles. The summed E-state index contributed by atoms with van der Waals surface area (Å²) >= 11 is 0. The van der Waals surface area contributed by atoms with E-state index in [9.17, 15) is 9.90 Å². The van der Waals surface area contributed by atoms with Crippen LogP contribution in [0.5, 0.6) is 34.5 Å². The smallest absolute Gasteiger partial charge is 0.335 e. The van der Waals surface area contributed by atoms with Crippen LogP contribution in [-0.2, 0) is 19.8 Å². The largest absolute Gasteiger partial charge is 0.494 e. The maximum atomic E-state index is 12.5. The van der Waals surface area contributed by atoms with Gasteiger partial charge in [0, 0.05) is 0 Å². The molecular weight excluding hydrogens is 825 g/mol. The highest BCUT2D eigenvalue weighted by atomic mass is 16.5. The molecule has 0 fully saturated rings. The first-order valence-electron chi connectivity index (χ1n) is 25.2. The molecule has 66 heavy (non-hydrogen) atoms. The zero-order valence-corrected chi connectivity index (χ0v) is 42.1. The summed E-state index contributed by atoms with van der Waals surface area (Å²) < 4.78 is 37.5. The average Bonchev–Trinajstić information content (AvgIpc) is 3.28. The highest BCUT2D eigenvalue weighted by Crippen LogP contribution is 2.41. The van der Waals surface area contributed by atoms with E-state index in [4.69, 9.17) is 28.4 Å². The van der Waals surface area contributed by atoms with Crippen LogP contribution in [0.25, 0.3) is 0 Å². The molecule has 4 rings (SSSR count). The molecule has 364 valence electrons. The van der Waals surface area contributed by atoms with Crippen molar-refractivity contribution in [1.29, 1.82) is 0 Å². The first-order valence-corrected chi connectivity index (χ1v) is 25.2. The summed E-state index contributed by atoms with van der Waals surface area (Å²) in [7, 11) is 0. The lowest BCUT2D eigenvalue weighted by molar-refractivity contribution is 0.0695. The van der Waals surface area contributed by atoms with E-state index in [1.165, 1.54) is 69.9 Å². The third kappa shape index (κ3) is 21.6. The van der Waals surface area contributed by atoms with Gasteiger partial charge in [-0.3, -0.25) is 0 Å². The van der Waals surface area contributed by atoms with Crippen LogP contribution < -0.4 is 28.4 Å². The van der Waals surface area contributed by atoms with Gasteiger partial charge in [0.05, 0.1) is 25.4 Å². The topological polar surface area (TPSA) is 92.7 Å². The van der Waals surface area contributed by atoms with Crippen molar-refractivity contribution in [3.8, 4) is 34.5 Å². The van der Waals surface area contributed by atoms with Crippen LogP contribution in [0.2, 0.25) is 0 Å². The van der Waals surface area contributed by atoms with Gasteiger partial charge >= 0.3 is 5.97 Å². The Kier molecular flexibility index (Phi) is 24.2. The minimum Gasteiger partial charge on any atom is -0.494 e. The molecule has 4 aromatic rings. The number of hydrogen-bond acceptors (Lipinski definition) is 7. The number of hydrogen-bond donors (Lipinski definition) is 1. The zero-order valence-electron chi connectivity index (χ0n) is 42.1. The van der Waals surface area contributed by atoms with Crippen LogP contribution in [0, 0.1) is 35.5 Å². The fourth-order valence-electron chi connectivity index (χ4n) is 7.77. The number of carbonyl (C=O) groups is 1. The molecule has 0 bridgehead atoms. The van der Waals surface area contributed by atoms with Crippen molar-refractivity contribution in [3.63, 3.8) is 0 Å². The van der Waals surface area contributed by atoms with Crippen LogP contribution in [0.4, 0.5) is 0 Å². The molecule has 0 aromatic heterocycles. The van der Waals surface area contributed by atoms with E-state index in [0.29, 0.717) is 43.3 Å². The van der Waals surface area contributed by atoms with Gasteiger partial charge in [0.15, 0.2) is 11.5 Å². The lowest BCUT2D eigenvalue weighted by Gasteiger charge is -2.19. The summed E-state index contributed by atoms with van der Waals surface area (Å²) in [6.07, 6.45) is 14.3. The van der Waals surface area contributed by atoms with Crippen LogP contribution in [0.3, 0.4) is 0 Å². The van der Waals surface area contributed by atoms with Crippen molar-refractivity contribution in [1.82, 2.24) is 0 Å². The van der Waals surface area contributed by atoms with E-state index >= 15 is 0 Å². The molecule has 8 nitrogen and oxygen atoms in total. The maximum Gasteiger partial charge on any atom is 0.335 e. The quantitative estimate of drug-likeness (QED) is 0.0495. The molecule has 0 saturated carbocycles. The average molecular weight is 909 g/mol. The molecule has 0 spiro atoms. The molecule has 8 heteroatoms. The van der Waals surface area contributed by atoms with Gasteiger partial charge in [-0.15, -0.1) is 0 Å². The summed E-state index contributed by atoms with van der Waals surface area (Å²) in [6, 6.07) is 26.6. The molecule has 0 aliphatic carbocycles. The van der Waals surface area contributed by atoms with Crippen LogP contribution >= 0.6 is 0 Å². The molecule has 1 N–H and O–H groups in total. The van der Waals surface area contributed by atoms with Gasteiger partial charge < -0.3 is 33.5 Å². The molecule has 0 aliphatic rings. The molecule has 0 saturated heterocycles. The summed E-state index contributed by atoms with van der Waals surface area (Å²) in [5.41, 5.74) is 2.76. The van der Waals surface area contributed by atoms with Gasteiger partial charge in [-0.25, -0.2) is 4.79 Å². The third-order valence-corrected chi connectivity index (χ3v) is 12.3. The Bertz CT molecular complexity index is 1820. The highest BCUT2D eigenvalue weighted by molar-refractivity contribution is 5.89. The SMILES string of the molecule is CC(C)CCC[C@H](C)CCOc1ccc(COc2cc(C(=O)O)cc(OCc3ccc(OCC[C@@H](C)CCCC(C)C)cc3)c2OCc2ccc(OCC[C@@H](C)CCCC(C)C)cc2)cc1. The molecular formula is C58H84O8. The van der Waals surface area contributed by atoms with Gasteiger partial charge in [-0.1, -0.05) is 156 Å². The van der Waals surface area contributed by atoms with Gasteiger partial charge in [-0.05, 0) is 120 Å². The van der Waals surface area contributed by atoms with E-state index in [2.05, 4.69) is 62.3 Å². The number of carboxylic acid groups (broad SMARTS) is 1. The van der Waals surface area contributed by atoms with E-state index < -0.39 is 5.97 Å². The Balaban J connectivity index is 1.43. The van der Waals surface area contributed by atoms with Gasteiger partial charge in [0.25, 0.3) is 0 Å². The van der Waals surface area contributed by atoms with Crippen molar-refractivity contribution in [2.45, 2.75) is 159 Å². The highest BCUT2D eigenvalue weighted by Gasteiger charge is 2.20. The van der Waals surface area contributed by atoms with E-state index in [1.807, 2.05) is 72.8 Å². The second-order valence-corrected chi connectivity index (χ2v) is 20.1. The summed E-state index contributed by atoms with van der Waals surface area (Å²) in [5.74, 6) is 6.33. The van der Waals surface area contributed by atoms with Crippen molar-refractivity contribution < 1.29 is 38.3 Å². The van der Waals surface area contributed by atoms with Gasteiger partial charge in [-0.2, -0.15) is 0 Å². The van der Waals surface area contributed by atoms with Crippen molar-refractivity contribution in [2.24, 2.45) is 35.5 Å². The molecule has 0 amide bonds. The van der Waals surface area contributed by atoms with Gasteiger partial charge in [0.1, 0.15) is 37.1 Å². The summed E-state index contributed by atoms with van der Waals surface area (Å²) in [4.78, 5) is 12.5. The Hall–Kier alpha value is -4.85. The number of benzene rings is 4. The second kappa shape index (κ2) is 29.7. The maximum absolute atomic E-state index is 12.5. The molecule has 0 unspecified atom stereocenters. The summed E-state index contributed by atoms with van der Waals surface area (Å²) in [5, 5.41) is 10.2. The predicted molar refractivity (Wildman–Crippen MR) is 270 cm³/mol. The van der Waals surface area contributed by atoms with E-state index in [0.717, 1.165) is 71.0 Å². The Morgan fingerprint density at radius 1 is 0.409 bits per heavy atom. The Labute approximate surface area is 399 Å². The second-order valence-electron chi connectivity index (χ2n) is 20.1. The van der Waals surface area contributed by atoms with E-state index in [1.54, 1.807) is 0 Å². The third-order valence-electron chi connectivity index (χ3n) is 12.3. The predicted octanol–water partition coefficient (Wildman–Crippen LogP) is 15.8. The number of ether oxygens (including phenoxy) is 6. The first-order chi connectivity index (χ1) is 31.7. The Morgan fingerprint density at radius 3 is 1.00 bits per heavy atom. The van der Waals surface area contributed by atoms with Gasteiger partial charge in [0.2, 0.25) is 5.75 Å². The number of carboxylic acids is 1. The molecule has 0 radical (unpaired) electrons. The van der Waals surface area contributed by atoms with Crippen LogP contribution in [-0.4, -0.2) is 30.9 Å². The fourth-order valence-corrected chi connectivity index (χ4v) is 7.77. The van der Waals surface area contributed by atoms with Crippen LogP contribution in [0.1, 0.15) is 166 Å². The first kappa shape index (κ1) is 53.8.